The van der Waals surface area contributed by atoms with Crippen LogP contribution in [0.15, 0.2) is 0 Å². The van der Waals surface area contributed by atoms with Gasteiger partial charge < -0.3 is 10.0 Å². The molecule has 102 valence electrons. The van der Waals surface area contributed by atoms with Crippen molar-refractivity contribution >= 4 is 5.97 Å². The number of hydrogen-bond donors (Lipinski definition) is 1. The largest absolute Gasteiger partial charge is 0.481 e. The predicted octanol–water partition coefficient (Wildman–Crippen LogP) is 3.24. The van der Waals surface area contributed by atoms with E-state index in [1.54, 1.807) is 13.8 Å². The van der Waals surface area contributed by atoms with Crippen molar-refractivity contribution in [2.24, 2.45) is 10.8 Å². The summed E-state index contributed by atoms with van der Waals surface area (Å²) in [5.74, 6) is -0.705. The van der Waals surface area contributed by atoms with Crippen LogP contribution in [0.4, 0.5) is 0 Å². The van der Waals surface area contributed by atoms with Crippen LogP contribution in [0.1, 0.15) is 54.4 Å². The van der Waals surface area contributed by atoms with Gasteiger partial charge in [-0.15, -0.1) is 0 Å². The average Bonchev–Trinajstić information content (AvgIpc) is 2.14. The smallest absolute Gasteiger partial charge is 0.309 e. The molecule has 0 aromatic rings. The van der Waals surface area contributed by atoms with E-state index < -0.39 is 11.4 Å². The van der Waals surface area contributed by atoms with E-state index in [-0.39, 0.29) is 5.41 Å². The number of carboxylic acids is 1. The Balaban J connectivity index is 4.11. The van der Waals surface area contributed by atoms with Gasteiger partial charge in [-0.3, -0.25) is 4.79 Å². The van der Waals surface area contributed by atoms with Gasteiger partial charge in [-0.2, -0.15) is 0 Å². The highest BCUT2D eigenvalue weighted by molar-refractivity contribution is 5.73. The van der Waals surface area contributed by atoms with Crippen molar-refractivity contribution in [2.45, 2.75) is 60.4 Å². The third-order valence-corrected chi connectivity index (χ3v) is 3.81. The molecule has 0 aliphatic rings. The first-order chi connectivity index (χ1) is 7.48. The van der Waals surface area contributed by atoms with Gasteiger partial charge in [-0.05, 0) is 52.6 Å². The zero-order chi connectivity index (χ0) is 13.9. The van der Waals surface area contributed by atoms with Crippen LogP contribution in [0.2, 0.25) is 0 Å². The van der Waals surface area contributed by atoms with Crippen LogP contribution in [0, 0.1) is 10.8 Å². The van der Waals surface area contributed by atoms with E-state index in [9.17, 15) is 4.79 Å². The summed E-state index contributed by atoms with van der Waals surface area (Å²) in [6.07, 6.45) is 1.65. The summed E-state index contributed by atoms with van der Waals surface area (Å²) in [5.41, 5.74) is -0.344. The Hall–Kier alpha value is -0.570. The quantitative estimate of drug-likeness (QED) is 0.778. The van der Waals surface area contributed by atoms with E-state index in [4.69, 9.17) is 5.11 Å². The number of nitrogens with zero attached hydrogens (tertiary/aromatic N) is 1. The maximum absolute atomic E-state index is 11.0. The van der Waals surface area contributed by atoms with Gasteiger partial charge in [0.1, 0.15) is 0 Å². The van der Waals surface area contributed by atoms with Gasteiger partial charge in [0, 0.05) is 6.04 Å². The van der Waals surface area contributed by atoms with Crippen molar-refractivity contribution in [2.75, 3.05) is 13.6 Å². The number of carboxylic acid groups (broad SMARTS) is 1. The summed E-state index contributed by atoms with van der Waals surface area (Å²) < 4.78 is 0. The molecule has 0 amide bonds. The highest BCUT2D eigenvalue weighted by Gasteiger charge is 2.28. The fraction of sp³-hybridized carbons (Fsp3) is 0.929. The third kappa shape index (κ3) is 5.53. The fourth-order valence-corrected chi connectivity index (χ4v) is 1.73. The van der Waals surface area contributed by atoms with E-state index in [2.05, 4.69) is 39.6 Å². The molecule has 17 heavy (non-hydrogen) atoms. The Morgan fingerprint density at radius 3 is 2.06 bits per heavy atom. The standard InChI is InChI=1S/C14H29NO2/c1-11(13(2,3)4)15(7)10-8-9-14(5,6)12(16)17/h11H,8-10H2,1-7H3,(H,16,17). The second kappa shape index (κ2) is 5.85. The lowest BCUT2D eigenvalue weighted by molar-refractivity contribution is -0.147. The lowest BCUT2D eigenvalue weighted by Gasteiger charge is -2.35. The Labute approximate surface area is 106 Å². The van der Waals surface area contributed by atoms with Crippen LogP contribution < -0.4 is 0 Å². The molecular formula is C14H29NO2. The summed E-state index contributed by atoms with van der Waals surface area (Å²) in [7, 11) is 2.11. The molecule has 0 aromatic carbocycles. The topological polar surface area (TPSA) is 40.5 Å². The normalized spacial score (nSPS) is 15.1. The first kappa shape index (κ1) is 16.4. The minimum atomic E-state index is -0.705. The van der Waals surface area contributed by atoms with Crippen molar-refractivity contribution in [1.29, 1.82) is 0 Å². The molecule has 1 atom stereocenters. The minimum absolute atomic E-state index is 0.261. The van der Waals surface area contributed by atoms with Crippen LogP contribution >= 0.6 is 0 Å². The molecule has 0 saturated heterocycles. The molecule has 0 aliphatic heterocycles. The highest BCUT2D eigenvalue weighted by Crippen LogP contribution is 2.25. The molecule has 1 N–H and O–H groups in total. The Kier molecular flexibility index (Phi) is 5.66. The summed E-state index contributed by atoms with van der Waals surface area (Å²) in [6.45, 7) is 13.5. The van der Waals surface area contributed by atoms with E-state index in [1.165, 1.54) is 0 Å². The SMILES string of the molecule is CC(N(C)CCCC(C)(C)C(=O)O)C(C)(C)C. The first-order valence-corrected chi connectivity index (χ1v) is 6.42. The maximum atomic E-state index is 11.0. The number of rotatable bonds is 6. The second-order valence-electron chi connectivity index (χ2n) is 6.82. The van der Waals surface area contributed by atoms with Gasteiger partial charge >= 0.3 is 5.97 Å². The summed E-state index contributed by atoms with van der Waals surface area (Å²) in [6, 6.07) is 0.496. The summed E-state index contributed by atoms with van der Waals surface area (Å²) in [4.78, 5) is 13.3. The molecule has 0 radical (unpaired) electrons. The lowest BCUT2D eigenvalue weighted by Crippen LogP contribution is -2.40. The molecular weight excluding hydrogens is 214 g/mol. The van der Waals surface area contributed by atoms with Crippen LogP contribution in [0.5, 0.6) is 0 Å². The van der Waals surface area contributed by atoms with E-state index in [1.807, 2.05) is 0 Å². The molecule has 0 bridgehead atoms. The van der Waals surface area contributed by atoms with Gasteiger partial charge in [0.2, 0.25) is 0 Å². The van der Waals surface area contributed by atoms with Crippen LogP contribution in [-0.4, -0.2) is 35.6 Å². The molecule has 3 nitrogen and oxygen atoms in total. The Morgan fingerprint density at radius 2 is 1.71 bits per heavy atom. The van der Waals surface area contributed by atoms with Crippen molar-refractivity contribution in [1.82, 2.24) is 4.90 Å². The minimum Gasteiger partial charge on any atom is -0.481 e. The van der Waals surface area contributed by atoms with E-state index in [0.29, 0.717) is 6.04 Å². The van der Waals surface area contributed by atoms with Crippen LogP contribution in [0.25, 0.3) is 0 Å². The number of aliphatic carboxylic acids is 1. The average molecular weight is 243 g/mol. The number of carbonyl (C=O) groups is 1. The van der Waals surface area contributed by atoms with Gasteiger partial charge in [-0.25, -0.2) is 0 Å². The molecule has 0 aliphatic carbocycles. The van der Waals surface area contributed by atoms with Crippen molar-refractivity contribution < 1.29 is 9.90 Å². The Bertz CT molecular complexity index is 253. The zero-order valence-electron chi connectivity index (χ0n) is 12.5. The van der Waals surface area contributed by atoms with E-state index in [0.717, 1.165) is 19.4 Å². The van der Waals surface area contributed by atoms with Gasteiger partial charge in [-0.1, -0.05) is 20.8 Å². The molecule has 0 heterocycles. The summed E-state index contributed by atoms with van der Waals surface area (Å²) >= 11 is 0. The van der Waals surface area contributed by atoms with Gasteiger partial charge in [0.25, 0.3) is 0 Å². The highest BCUT2D eigenvalue weighted by atomic mass is 16.4. The van der Waals surface area contributed by atoms with Gasteiger partial charge in [0.05, 0.1) is 5.41 Å². The molecule has 0 aromatic heterocycles. The van der Waals surface area contributed by atoms with E-state index >= 15 is 0 Å². The maximum Gasteiger partial charge on any atom is 0.309 e. The lowest BCUT2D eigenvalue weighted by atomic mass is 9.86. The zero-order valence-corrected chi connectivity index (χ0v) is 12.5. The van der Waals surface area contributed by atoms with Crippen LogP contribution in [-0.2, 0) is 4.79 Å². The molecule has 1 unspecified atom stereocenters. The van der Waals surface area contributed by atoms with Crippen molar-refractivity contribution in [3.05, 3.63) is 0 Å². The summed E-state index contributed by atoms with van der Waals surface area (Å²) in [5, 5.41) is 9.03. The predicted molar refractivity (Wildman–Crippen MR) is 72.2 cm³/mol. The third-order valence-electron chi connectivity index (χ3n) is 3.81. The first-order valence-electron chi connectivity index (χ1n) is 6.42. The monoisotopic (exact) mass is 243 g/mol. The molecule has 0 saturated carbocycles. The molecule has 0 rings (SSSR count). The van der Waals surface area contributed by atoms with Gasteiger partial charge in [0.15, 0.2) is 0 Å². The molecule has 3 heteroatoms. The fourth-order valence-electron chi connectivity index (χ4n) is 1.73. The molecule has 0 spiro atoms. The number of hydrogen-bond acceptors (Lipinski definition) is 2. The van der Waals surface area contributed by atoms with Crippen LogP contribution in [0.3, 0.4) is 0 Å². The van der Waals surface area contributed by atoms with Crippen molar-refractivity contribution in [3.63, 3.8) is 0 Å². The van der Waals surface area contributed by atoms with Crippen molar-refractivity contribution in [3.8, 4) is 0 Å². The Morgan fingerprint density at radius 1 is 1.24 bits per heavy atom. The second-order valence-corrected chi connectivity index (χ2v) is 6.82. The molecule has 0 fully saturated rings.